The number of amides is 1. The minimum Gasteiger partial charge on any atom is -0.508 e. The summed E-state index contributed by atoms with van der Waals surface area (Å²) in [4.78, 5) is 24.2. The van der Waals surface area contributed by atoms with E-state index in [1.165, 1.54) is 18.2 Å². The Labute approximate surface area is 161 Å². The van der Waals surface area contributed by atoms with Gasteiger partial charge in [-0.05, 0) is 42.2 Å². The Morgan fingerprint density at radius 3 is 2.29 bits per heavy atom. The molecular formula is C21H21NO6. The van der Waals surface area contributed by atoms with E-state index in [1.807, 2.05) is 0 Å². The number of benzene rings is 2. The van der Waals surface area contributed by atoms with Crippen molar-refractivity contribution in [3.05, 3.63) is 71.8 Å². The highest BCUT2D eigenvalue weighted by molar-refractivity contribution is 5.89. The van der Waals surface area contributed by atoms with Crippen molar-refractivity contribution in [1.29, 1.82) is 0 Å². The van der Waals surface area contributed by atoms with Gasteiger partial charge < -0.3 is 25.8 Å². The summed E-state index contributed by atoms with van der Waals surface area (Å²) in [5, 5.41) is 31.2. The van der Waals surface area contributed by atoms with Gasteiger partial charge in [-0.3, -0.25) is 4.79 Å². The molecule has 0 aromatic heterocycles. The Balaban J connectivity index is 1.87. The van der Waals surface area contributed by atoms with Crippen molar-refractivity contribution in [2.75, 3.05) is 0 Å². The fourth-order valence-electron chi connectivity index (χ4n) is 3.41. The second-order valence-corrected chi connectivity index (χ2v) is 6.82. The van der Waals surface area contributed by atoms with Crippen LogP contribution in [-0.2, 0) is 19.9 Å². The molecule has 3 rings (SSSR count). The third-order valence-corrected chi connectivity index (χ3v) is 4.99. The van der Waals surface area contributed by atoms with Crippen LogP contribution in [0.15, 0.2) is 60.7 Å². The third kappa shape index (κ3) is 3.62. The second-order valence-electron chi connectivity index (χ2n) is 6.82. The molecule has 28 heavy (non-hydrogen) atoms. The minimum absolute atomic E-state index is 0.00389. The van der Waals surface area contributed by atoms with Crippen molar-refractivity contribution in [2.45, 2.75) is 30.1 Å². The van der Waals surface area contributed by atoms with Gasteiger partial charge in [0, 0.05) is 6.08 Å². The highest BCUT2D eigenvalue weighted by atomic mass is 16.6. The summed E-state index contributed by atoms with van der Waals surface area (Å²) in [6.07, 6.45) is 0.847. The van der Waals surface area contributed by atoms with E-state index < -0.39 is 29.2 Å². The zero-order chi connectivity index (χ0) is 20.4. The molecule has 1 fully saturated rings. The first kappa shape index (κ1) is 19.6. The smallest absolute Gasteiger partial charge is 0.331 e. The number of carbonyl (C=O) groups excluding carboxylic acids is 2. The largest absolute Gasteiger partial charge is 0.508 e. The lowest BCUT2D eigenvalue weighted by atomic mass is 9.86. The van der Waals surface area contributed by atoms with Crippen molar-refractivity contribution in [2.24, 2.45) is 5.73 Å². The van der Waals surface area contributed by atoms with E-state index in [1.54, 1.807) is 42.5 Å². The Kier molecular flexibility index (Phi) is 5.22. The van der Waals surface area contributed by atoms with Crippen LogP contribution in [0.4, 0.5) is 0 Å². The van der Waals surface area contributed by atoms with Gasteiger partial charge in [0.15, 0.2) is 11.7 Å². The molecule has 0 aliphatic heterocycles. The Bertz CT molecular complexity index is 895. The number of aromatic hydroxyl groups is 1. The summed E-state index contributed by atoms with van der Waals surface area (Å²) in [6.45, 7) is 0. The van der Waals surface area contributed by atoms with Crippen LogP contribution >= 0.6 is 0 Å². The van der Waals surface area contributed by atoms with Crippen LogP contribution in [0.25, 0.3) is 6.08 Å². The number of rotatable bonds is 5. The first-order valence-electron chi connectivity index (χ1n) is 8.73. The maximum Gasteiger partial charge on any atom is 0.331 e. The zero-order valence-electron chi connectivity index (χ0n) is 15.0. The van der Waals surface area contributed by atoms with Gasteiger partial charge in [0.05, 0.1) is 0 Å². The van der Waals surface area contributed by atoms with Crippen molar-refractivity contribution in [3.8, 4) is 5.75 Å². The average molecular weight is 383 g/mol. The maximum atomic E-state index is 12.3. The van der Waals surface area contributed by atoms with Gasteiger partial charge in [0.2, 0.25) is 0 Å². The molecule has 0 heterocycles. The highest BCUT2D eigenvalue weighted by Crippen LogP contribution is 2.46. The van der Waals surface area contributed by atoms with Crippen molar-refractivity contribution >= 4 is 18.0 Å². The Morgan fingerprint density at radius 1 is 1.04 bits per heavy atom. The summed E-state index contributed by atoms with van der Waals surface area (Å²) in [5.74, 6) is -1.83. The summed E-state index contributed by atoms with van der Waals surface area (Å²) >= 11 is 0. The van der Waals surface area contributed by atoms with Crippen LogP contribution in [0.5, 0.6) is 5.75 Å². The van der Waals surface area contributed by atoms with Crippen LogP contribution in [0.2, 0.25) is 0 Å². The molecule has 3 atom stereocenters. The van der Waals surface area contributed by atoms with Crippen LogP contribution < -0.4 is 5.73 Å². The number of aliphatic hydroxyl groups is 2. The molecule has 7 heteroatoms. The van der Waals surface area contributed by atoms with Crippen LogP contribution in [0, 0.1) is 0 Å². The second kappa shape index (κ2) is 7.46. The third-order valence-electron chi connectivity index (χ3n) is 4.99. The topological polar surface area (TPSA) is 130 Å². The first-order chi connectivity index (χ1) is 13.3. The summed E-state index contributed by atoms with van der Waals surface area (Å²) in [6, 6.07) is 14.5. The van der Waals surface area contributed by atoms with E-state index in [9.17, 15) is 24.9 Å². The first-order valence-corrected chi connectivity index (χ1v) is 8.73. The van der Waals surface area contributed by atoms with Gasteiger partial charge in [-0.1, -0.05) is 42.5 Å². The van der Waals surface area contributed by atoms with Gasteiger partial charge in [0.25, 0.3) is 5.91 Å². The summed E-state index contributed by atoms with van der Waals surface area (Å²) in [5.41, 5.74) is 2.44. The fraction of sp³-hybridized carbons (Fsp3) is 0.238. The molecule has 0 radical (unpaired) electrons. The van der Waals surface area contributed by atoms with Gasteiger partial charge in [-0.2, -0.15) is 0 Å². The Hall–Kier alpha value is -3.16. The number of nitrogens with two attached hydrogens (primary N) is 1. The van der Waals surface area contributed by atoms with Gasteiger partial charge in [-0.15, -0.1) is 0 Å². The van der Waals surface area contributed by atoms with E-state index in [-0.39, 0.29) is 18.6 Å². The van der Waals surface area contributed by atoms with Crippen molar-refractivity contribution < 1.29 is 29.6 Å². The molecule has 0 bridgehead atoms. The van der Waals surface area contributed by atoms with Gasteiger partial charge in [0.1, 0.15) is 11.4 Å². The predicted octanol–water partition coefficient (Wildman–Crippen LogP) is 1.22. The fourth-order valence-corrected chi connectivity index (χ4v) is 3.41. The molecule has 2 aromatic rings. The quantitative estimate of drug-likeness (QED) is 0.454. The number of primary amides is 1. The van der Waals surface area contributed by atoms with Gasteiger partial charge >= 0.3 is 5.97 Å². The van der Waals surface area contributed by atoms with Crippen molar-refractivity contribution in [1.82, 2.24) is 0 Å². The number of ether oxygens (including phenoxy) is 1. The molecular weight excluding hydrogens is 362 g/mol. The maximum absolute atomic E-state index is 12.3. The van der Waals surface area contributed by atoms with Crippen LogP contribution in [0.3, 0.4) is 0 Å². The summed E-state index contributed by atoms with van der Waals surface area (Å²) in [7, 11) is 0. The monoisotopic (exact) mass is 383 g/mol. The van der Waals surface area contributed by atoms with E-state index in [2.05, 4.69) is 0 Å². The van der Waals surface area contributed by atoms with E-state index >= 15 is 0 Å². The molecule has 0 saturated heterocycles. The molecule has 0 spiro atoms. The average Bonchev–Trinajstić information content (AvgIpc) is 2.96. The van der Waals surface area contributed by atoms with Crippen LogP contribution in [-0.4, -0.2) is 38.9 Å². The van der Waals surface area contributed by atoms with Crippen LogP contribution in [0.1, 0.15) is 24.0 Å². The highest BCUT2D eigenvalue weighted by Gasteiger charge is 2.62. The normalized spacial score (nSPS) is 27.0. The molecule has 1 saturated carbocycles. The van der Waals surface area contributed by atoms with E-state index in [0.717, 1.165) is 6.08 Å². The molecule has 3 unspecified atom stereocenters. The lowest BCUT2D eigenvalue weighted by molar-refractivity contribution is -0.184. The number of hydrogen-bond acceptors (Lipinski definition) is 6. The zero-order valence-corrected chi connectivity index (χ0v) is 15.0. The number of esters is 1. The molecule has 146 valence electrons. The number of phenols is 1. The molecule has 5 N–H and O–H groups in total. The minimum atomic E-state index is -2.19. The molecule has 7 nitrogen and oxygen atoms in total. The number of phenolic OH excluding ortho intramolecular Hbond substituents is 1. The molecule has 1 aliphatic rings. The van der Waals surface area contributed by atoms with Gasteiger partial charge in [-0.25, -0.2) is 4.79 Å². The molecule has 1 aliphatic carbocycles. The Morgan fingerprint density at radius 2 is 1.68 bits per heavy atom. The number of carbonyl (C=O) groups is 2. The summed E-state index contributed by atoms with van der Waals surface area (Å²) < 4.78 is 5.33. The van der Waals surface area contributed by atoms with Crippen molar-refractivity contribution in [3.63, 3.8) is 0 Å². The SMILES string of the molecule is NC(=O)C1(O)CCC(O)(c2ccccc2)C1OC(=O)C=Cc1ccc(O)cc1. The number of hydrogen-bond donors (Lipinski definition) is 4. The lowest BCUT2D eigenvalue weighted by Crippen LogP contribution is -2.56. The standard InChI is InChI=1S/C21H21NO6/c22-19(25)21(27)13-12-20(26,15-4-2-1-3-5-15)18(21)28-17(24)11-8-14-6-9-16(23)10-7-14/h1-11,18,23,26-27H,12-13H2,(H2,22,25). The lowest BCUT2D eigenvalue weighted by Gasteiger charge is -2.35. The predicted molar refractivity (Wildman–Crippen MR) is 101 cm³/mol. The molecule has 2 aromatic carbocycles. The van der Waals surface area contributed by atoms with E-state index in [4.69, 9.17) is 10.5 Å². The van der Waals surface area contributed by atoms with E-state index in [0.29, 0.717) is 11.1 Å². The molecule has 1 amide bonds.